The summed E-state index contributed by atoms with van der Waals surface area (Å²) in [6, 6.07) is 3.69. The van der Waals surface area contributed by atoms with Crippen LogP contribution < -0.4 is 5.73 Å². The molecule has 5 heteroatoms. The summed E-state index contributed by atoms with van der Waals surface area (Å²) >= 11 is 1.41. The Morgan fingerprint density at radius 1 is 1.50 bits per heavy atom. The molecule has 1 aromatic heterocycles. The first kappa shape index (κ1) is 16.7. The minimum atomic E-state index is 0.0431. The van der Waals surface area contributed by atoms with Gasteiger partial charge in [-0.15, -0.1) is 11.3 Å². The van der Waals surface area contributed by atoms with Crippen molar-refractivity contribution in [2.45, 2.75) is 13.8 Å². The summed E-state index contributed by atoms with van der Waals surface area (Å²) < 4.78 is 5.07. The molecule has 0 atom stereocenters. The van der Waals surface area contributed by atoms with Crippen LogP contribution in [0.15, 0.2) is 12.1 Å². The Hall–Kier alpha value is -1.35. The van der Waals surface area contributed by atoms with Crippen molar-refractivity contribution in [3.05, 3.63) is 21.9 Å². The molecular formula is C15H22N2O2S. The summed E-state index contributed by atoms with van der Waals surface area (Å²) in [5, 5.41) is 0. The minimum Gasteiger partial charge on any atom is -0.383 e. The van der Waals surface area contributed by atoms with Gasteiger partial charge in [-0.1, -0.05) is 25.7 Å². The van der Waals surface area contributed by atoms with Gasteiger partial charge in [-0.2, -0.15) is 0 Å². The Morgan fingerprint density at radius 3 is 2.85 bits per heavy atom. The molecule has 0 aromatic carbocycles. The summed E-state index contributed by atoms with van der Waals surface area (Å²) in [5.41, 5.74) is 5.34. The number of thiophene rings is 1. The fourth-order valence-electron chi connectivity index (χ4n) is 1.73. The summed E-state index contributed by atoms with van der Waals surface area (Å²) in [5.74, 6) is 6.21. The van der Waals surface area contributed by atoms with Crippen molar-refractivity contribution in [1.82, 2.24) is 4.90 Å². The molecule has 0 radical (unpaired) electrons. The van der Waals surface area contributed by atoms with Crippen LogP contribution in [0.1, 0.15) is 28.4 Å². The molecule has 110 valence electrons. The second kappa shape index (κ2) is 8.75. The van der Waals surface area contributed by atoms with Crippen LogP contribution in [-0.2, 0) is 4.74 Å². The third-order valence-electron chi connectivity index (χ3n) is 2.57. The molecule has 2 N–H and O–H groups in total. The maximum atomic E-state index is 12.5. The van der Waals surface area contributed by atoms with Gasteiger partial charge < -0.3 is 15.4 Å². The van der Waals surface area contributed by atoms with E-state index in [0.717, 1.165) is 11.4 Å². The number of nitrogens with zero attached hydrogens (tertiary/aromatic N) is 1. The van der Waals surface area contributed by atoms with E-state index in [1.54, 1.807) is 7.11 Å². The molecule has 0 saturated carbocycles. The Balaban J connectivity index is 2.79. The summed E-state index contributed by atoms with van der Waals surface area (Å²) in [4.78, 5) is 15.9. The number of ether oxygens (including phenoxy) is 1. The quantitative estimate of drug-likeness (QED) is 0.814. The molecule has 1 amide bonds. The smallest absolute Gasteiger partial charge is 0.264 e. The normalized spacial score (nSPS) is 10.2. The fourth-order valence-corrected chi connectivity index (χ4v) is 2.58. The van der Waals surface area contributed by atoms with Crippen LogP contribution in [0, 0.1) is 17.8 Å². The zero-order valence-electron chi connectivity index (χ0n) is 12.3. The molecule has 1 rings (SSSR count). The van der Waals surface area contributed by atoms with Crippen molar-refractivity contribution in [3.63, 3.8) is 0 Å². The van der Waals surface area contributed by atoms with E-state index in [2.05, 4.69) is 25.7 Å². The maximum Gasteiger partial charge on any atom is 0.264 e. The number of hydrogen-bond acceptors (Lipinski definition) is 4. The van der Waals surface area contributed by atoms with Crippen molar-refractivity contribution in [2.75, 3.05) is 33.4 Å². The van der Waals surface area contributed by atoms with Crippen molar-refractivity contribution >= 4 is 17.2 Å². The van der Waals surface area contributed by atoms with Crippen LogP contribution in [0.5, 0.6) is 0 Å². The van der Waals surface area contributed by atoms with Gasteiger partial charge in [0.1, 0.15) is 0 Å². The van der Waals surface area contributed by atoms with E-state index in [1.807, 2.05) is 17.0 Å². The third-order valence-corrected chi connectivity index (χ3v) is 3.56. The van der Waals surface area contributed by atoms with Gasteiger partial charge in [0.2, 0.25) is 0 Å². The third kappa shape index (κ3) is 5.33. The summed E-state index contributed by atoms with van der Waals surface area (Å²) in [6.45, 7) is 6.40. The van der Waals surface area contributed by atoms with Crippen molar-refractivity contribution in [3.8, 4) is 11.8 Å². The highest BCUT2D eigenvalue weighted by atomic mass is 32.1. The predicted molar refractivity (Wildman–Crippen MR) is 82.9 cm³/mol. The van der Waals surface area contributed by atoms with Gasteiger partial charge in [-0.25, -0.2) is 0 Å². The highest BCUT2D eigenvalue weighted by Crippen LogP contribution is 2.18. The molecule has 0 aliphatic heterocycles. The monoisotopic (exact) mass is 294 g/mol. The van der Waals surface area contributed by atoms with Gasteiger partial charge in [-0.05, 0) is 18.1 Å². The Kier molecular flexibility index (Phi) is 7.31. The Labute approximate surface area is 124 Å². The van der Waals surface area contributed by atoms with Gasteiger partial charge in [0.25, 0.3) is 5.91 Å². The standard InChI is InChI=1S/C15H22N2O2S/c1-12(2)11-17(9-10-19-3)15(18)14-7-6-13(20-14)5-4-8-16/h6-7,12H,8-11,16H2,1-3H3. The average molecular weight is 294 g/mol. The van der Waals surface area contributed by atoms with Crippen LogP contribution in [0.3, 0.4) is 0 Å². The van der Waals surface area contributed by atoms with E-state index in [9.17, 15) is 4.79 Å². The van der Waals surface area contributed by atoms with Crippen LogP contribution in [-0.4, -0.2) is 44.2 Å². The molecule has 1 aromatic rings. The van der Waals surface area contributed by atoms with E-state index in [1.165, 1.54) is 11.3 Å². The molecule has 1 heterocycles. The number of amides is 1. The minimum absolute atomic E-state index is 0.0431. The summed E-state index contributed by atoms with van der Waals surface area (Å²) in [6.07, 6.45) is 0. The lowest BCUT2D eigenvalue weighted by Gasteiger charge is -2.23. The average Bonchev–Trinajstić information content (AvgIpc) is 2.88. The van der Waals surface area contributed by atoms with E-state index in [-0.39, 0.29) is 5.91 Å². The Morgan fingerprint density at radius 2 is 2.25 bits per heavy atom. The first-order valence-electron chi connectivity index (χ1n) is 6.65. The van der Waals surface area contributed by atoms with E-state index >= 15 is 0 Å². The van der Waals surface area contributed by atoms with Crippen LogP contribution in [0.2, 0.25) is 0 Å². The number of carbonyl (C=O) groups is 1. The van der Waals surface area contributed by atoms with E-state index in [4.69, 9.17) is 10.5 Å². The molecule has 0 fully saturated rings. The highest BCUT2D eigenvalue weighted by molar-refractivity contribution is 7.14. The second-order valence-corrected chi connectivity index (χ2v) is 5.89. The number of rotatable bonds is 6. The molecule has 0 unspecified atom stereocenters. The van der Waals surface area contributed by atoms with Gasteiger partial charge in [0.05, 0.1) is 22.9 Å². The van der Waals surface area contributed by atoms with Gasteiger partial charge in [0, 0.05) is 20.2 Å². The van der Waals surface area contributed by atoms with Gasteiger partial charge in [-0.3, -0.25) is 4.79 Å². The van der Waals surface area contributed by atoms with Crippen LogP contribution >= 0.6 is 11.3 Å². The SMILES string of the molecule is COCCN(CC(C)C)C(=O)c1ccc(C#CCN)s1. The lowest BCUT2D eigenvalue weighted by Crippen LogP contribution is -2.36. The second-order valence-electron chi connectivity index (χ2n) is 4.81. The molecule has 0 saturated heterocycles. The predicted octanol–water partition coefficient (Wildman–Crippen LogP) is 1.80. The number of hydrogen-bond donors (Lipinski definition) is 1. The molecule has 0 aliphatic carbocycles. The fraction of sp³-hybridized carbons (Fsp3) is 0.533. The largest absolute Gasteiger partial charge is 0.383 e. The molecule has 0 bridgehead atoms. The molecular weight excluding hydrogens is 272 g/mol. The zero-order chi connectivity index (χ0) is 15.0. The number of methoxy groups -OCH3 is 1. The summed E-state index contributed by atoms with van der Waals surface area (Å²) in [7, 11) is 1.64. The van der Waals surface area contributed by atoms with Crippen molar-refractivity contribution < 1.29 is 9.53 Å². The van der Waals surface area contributed by atoms with E-state index in [0.29, 0.717) is 30.5 Å². The number of carbonyl (C=O) groups excluding carboxylic acids is 1. The first-order valence-corrected chi connectivity index (χ1v) is 7.47. The lowest BCUT2D eigenvalue weighted by molar-refractivity contribution is 0.0677. The lowest BCUT2D eigenvalue weighted by atomic mass is 10.2. The topological polar surface area (TPSA) is 55.6 Å². The van der Waals surface area contributed by atoms with Crippen LogP contribution in [0.25, 0.3) is 0 Å². The number of nitrogens with two attached hydrogens (primary N) is 1. The Bertz CT molecular complexity index is 486. The van der Waals surface area contributed by atoms with Crippen molar-refractivity contribution in [1.29, 1.82) is 0 Å². The van der Waals surface area contributed by atoms with Gasteiger partial charge >= 0.3 is 0 Å². The highest BCUT2D eigenvalue weighted by Gasteiger charge is 2.18. The molecule has 0 spiro atoms. The maximum absolute atomic E-state index is 12.5. The van der Waals surface area contributed by atoms with Crippen molar-refractivity contribution in [2.24, 2.45) is 11.7 Å². The molecule has 0 aliphatic rings. The van der Waals surface area contributed by atoms with E-state index < -0.39 is 0 Å². The molecule has 20 heavy (non-hydrogen) atoms. The molecule has 4 nitrogen and oxygen atoms in total. The first-order chi connectivity index (χ1) is 9.58. The van der Waals surface area contributed by atoms with Gasteiger partial charge in [0.15, 0.2) is 0 Å². The van der Waals surface area contributed by atoms with Crippen LogP contribution in [0.4, 0.5) is 0 Å². The zero-order valence-corrected chi connectivity index (χ0v) is 13.1.